The van der Waals surface area contributed by atoms with Crippen molar-refractivity contribution in [2.75, 3.05) is 0 Å². The molecule has 1 aromatic rings. The molecule has 0 aromatic carbocycles. The van der Waals surface area contributed by atoms with Gasteiger partial charge in [0.05, 0.1) is 0 Å². The Labute approximate surface area is 92.2 Å². The van der Waals surface area contributed by atoms with E-state index in [2.05, 4.69) is 27.3 Å². The molecule has 2 nitrogen and oxygen atoms in total. The monoisotopic (exact) mass is 255 g/mol. The highest BCUT2D eigenvalue weighted by atomic mass is 79.9. The second-order valence-corrected chi connectivity index (χ2v) is 5.10. The summed E-state index contributed by atoms with van der Waals surface area (Å²) in [6.45, 7) is 0. The minimum absolute atomic E-state index is 0.543. The van der Waals surface area contributed by atoms with Gasteiger partial charge in [-0.15, -0.1) is 0 Å². The highest BCUT2D eigenvalue weighted by Gasteiger charge is 2.29. The van der Waals surface area contributed by atoms with Crippen LogP contribution in [-0.2, 0) is 6.42 Å². The largest absolute Gasteiger partial charge is 0.454 e. The Hall–Kier alpha value is -0.280. The maximum atomic E-state index is 5.61. The predicted octanol–water partition coefficient (Wildman–Crippen LogP) is 3.17. The minimum atomic E-state index is 0.543. The van der Waals surface area contributed by atoms with Gasteiger partial charge in [-0.3, -0.25) is 0 Å². The van der Waals surface area contributed by atoms with Crippen LogP contribution in [0.1, 0.15) is 43.0 Å². The van der Waals surface area contributed by atoms with Crippen LogP contribution in [0.4, 0.5) is 0 Å². The lowest BCUT2D eigenvalue weighted by Crippen LogP contribution is -2.26. The number of furan rings is 1. The van der Waals surface area contributed by atoms with Crippen molar-refractivity contribution in [3.8, 4) is 0 Å². The zero-order valence-corrected chi connectivity index (χ0v) is 9.64. The summed E-state index contributed by atoms with van der Waals surface area (Å²) >= 11 is 3.41. The van der Waals surface area contributed by atoms with Gasteiger partial charge in [0, 0.05) is 24.1 Å². The summed E-state index contributed by atoms with van der Waals surface area (Å²) in [5.74, 6) is 1.18. The minimum Gasteiger partial charge on any atom is -0.454 e. The number of hydrogen-bond donors (Lipinski definition) is 1. The van der Waals surface area contributed by atoms with E-state index in [-0.39, 0.29) is 0 Å². The first-order valence-electron chi connectivity index (χ1n) is 5.37. The molecule has 1 unspecified atom stereocenters. The second-order valence-electron chi connectivity index (χ2n) is 4.31. The van der Waals surface area contributed by atoms with Crippen LogP contribution in [0.2, 0.25) is 0 Å². The zero-order valence-electron chi connectivity index (χ0n) is 8.05. The molecular formula is C11H14BrNO. The molecule has 2 aliphatic rings. The lowest BCUT2D eigenvalue weighted by atomic mass is 9.93. The fourth-order valence-electron chi connectivity index (χ4n) is 2.23. The van der Waals surface area contributed by atoms with E-state index < -0.39 is 0 Å². The van der Waals surface area contributed by atoms with Crippen LogP contribution in [0.15, 0.2) is 15.2 Å². The average molecular weight is 256 g/mol. The van der Waals surface area contributed by atoms with Gasteiger partial charge < -0.3 is 9.73 Å². The number of hydrogen-bond acceptors (Lipinski definition) is 2. The third-order valence-electron chi connectivity index (χ3n) is 3.10. The smallest absolute Gasteiger partial charge is 0.169 e. The van der Waals surface area contributed by atoms with Crippen LogP contribution < -0.4 is 5.32 Å². The highest BCUT2D eigenvalue weighted by molar-refractivity contribution is 9.10. The van der Waals surface area contributed by atoms with Crippen molar-refractivity contribution in [2.45, 2.75) is 44.2 Å². The molecule has 0 spiro atoms. The fraction of sp³-hybridized carbons (Fsp3) is 0.636. The summed E-state index contributed by atoms with van der Waals surface area (Å²) in [6, 6.07) is 3.45. The van der Waals surface area contributed by atoms with E-state index in [0.29, 0.717) is 6.04 Å². The summed E-state index contributed by atoms with van der Waals surface area (Å²) in [5, 5.41) is 3.68. The van der Waals surface area contributed by atoms with Crippen molar-refractivity contribution in [2.24, 2.45) is 0 Å². The van der Waals surface area contributed by atoms with Gasteiger partial charge in [0.2, 0.25) is 0 Å². The van der Waals surface area contributed by atoms with E-state index in [4.69, 9.17) is 4.42 Å². The third kappa shape index (κ3) is 1.63. The van der Waals surface area contributed by atoms with E-state index in [1.807, 2.05) is 0 Å². The van der Waals surface area contributed by atoms with Crippen LogP contribution in [0, 0.1) is 0 Å². The molecule has 0 bridgehead atoms. The van der Waals surface area contributed by atoms with E-state index >= 15 is 0 Å². The number of halogens is 1. The number of aryl methyl sites for hydroxylation is 1. The molecule has 2 aliphatic carbocycles. The Balaban J connectivity index is 1.85. The first-order valence-corrected chi connectivity index (χ1v) is 6.16. The molecule has 1 atom stereocenters. The SMILES string of the molecule is Brc1cc2c(o1)CCCC2NC1CC1. The topological polar surface area (TPSA) is 25.2 Å². The van der Waals surface area contributed by atoms with Crippen LogP contribution in [0.5, 0.6) is 0 Å². The van der Waals surface area contributed by atoms with Crippen molar-refractivity contribution in [1.82, 2.24) is 5.32 Å². The van der Waals surface area contributed by atoms with E-state index in [1.165, 1.54) is 37.0 Å². The molecule has 0 amide bonds. The molecule has 1 heterocycles. The summed E-state index contributed by atoms with van der Waals surface area (Å²) in [6.07, 6.45) is 6.31. The molecule has 0 aliphatic heterocycles. The highest BCUT2D eigenvalue weighted by Crippen LogP contribution is 2.36. The lowest BCUT2D eigenvalue weighted by molar-refractivity contribution is 0.404. The van der Waals surface area contributed by atoms with E-state index in [1.54, 1.807) is 0 Å². The van der Waals surface area contributed by atoms with Crippen LogP contribution in [-0.4, -0.2) is 6.04 Å². The first-order chi connectivity index (χ1) is 6.83. The normalized spacial score (nSPS) is 26.2. The maximum Gasteiger partial charge on any atom is 0.169 e. The van der Waals surface area contributed by atoms with Gasteiger partial charge in [-0.1, -0.05) is 0 Å². The van der Waals surface area contributed by atoms with Crippen LogP contribution in [0.25, 0.3) is 0 Å². The molecule has 3 heteroatoms. The quantitative estimate of drug-likeness (QED) is 0.879. The molecule has 1 fully saturated rings. The van der Waals surface area contributed by atoms with Gasteiger partial charge in [-0.2, -0.15) is 0 Å². The average Bonchev–Trinajstić information content (AvgIpc) is 2.87. The first kappa shape index (κ1) is 8.98. The van der Waals surface area contributed by atoms with Crippen molar-refractivity contribution in [3.63, 3.8) is 0 Å². The van der Waals surface area contributed by atoms with Crippen molar-refractivity contribution in [3.05, 3.63) is 22.1 Å². The Morgan fingerprint density at radius 2 is 2.21 bits per heavy atom. The zero-order chi connectivity index (χ0) is 9.54. The van der Waals surface area contributed by atoms with Gasteiger partial charge in [0.15, 0.2) is 4.67 Å². The third-order valence-corrected chi connectivity index (χ3v) is 3.49. The van der Waals surface area contributed by atoms with Gasteiger partial charge in [0.25, 0.3) is 0 Å². The molecule has 1 N–H and O–H groups in total. The Bertz CT molecular complexity index is 343. The summed E-state index contributed by atoms with van der Waals surface area (Å²) < 4.78 is 6.50. The fourth-order valence-corrected chi connectivity index (χ4v) is 2.67. The number of nitrogens with one attached hydrogen (secondary N) is 1. The lowest BCUT2D eigenvalue weighted by Gasteiger charge is -2.22. The Kier molecular flexibility index (Phi) is 2.17. The molecule has 0 saturated heterocycles. The molecule has 0 radical (unpaired) electrons. The molecular weight excluding hydrogens is 242 g/mol. The van der Waals surface area contributed by atoms with Crippen LogP contribution in [0.3, 0.4) is 0 Å². The molecule has 1 aromatic heterocycles. The second kappa shape index (κ2) is 3.38. The number of rotatable bonds is 2. The standard InChI is InChI=1S/C11H14BrNO/c12-11-6-8-9(13-7-4-5-7)2-1-3-10(8)14-11/h6-7,9,13H,1-5H2. The van der Waals surface area contributed by atoms with Crippen molar-refractivity contribution >= 4 is 15.9 Å². The van der Waals surface area contributed by atoms with Crippen molar-refractivity contribution < 1.29 is 4.42 Å². The van der Waals surface area contributed by atoms with Gasteiger partial charge >= 0.3 is 0 Å². The Morgan fingerprint density at radius 1 is 1.36 bits per heavy atom. The van der Waals surface area contributed by atoms with Gasteiger partial charge in [0.1, 0.15) is 5.76 Å². The molecule has 3 rings (SSSR count). The molecule has 1 saturated carbocycles. The summed E-state index contributed by atoms with van der Waals surface area (Å²) in [5.41, 5.74) is 1.38. The molecule has 76 valence electrons. The van der Waals surface area contributed by atoms with E-state index in [9.17, 15) is 0 Å². The molecule has 14 heavy (non-hydrogen) atoms. The van der Waals surface area contributed by atoms with Crippen LogP contribution >= 0.6 is 15.9 Å². The summed E-state index contributed by atoms with van der Waals surface area (Å²) in [7, 11) is 0. The Morgan fingerprint density at radius 3 is 3.00 bits per heavy atom. The van der Waals surface area contributed by atoms with Gasteiger partial charge in [-0.05, 0) is 47.7 Å². The number of fused-ring (bicyclic) bond motifs is 1. The van der Waals surface area contributed by atoms with E-state index in [0.717, 1.165) is 17.1 Å². The maximum absolute atomic E-state index is 5.61. The summed E-state index contributed by atoms with van der Waals surface area (Å²) in [4.78, 5) is 0. The predicted molar refractivity (Wildman–Crippen MR) is 58.2 cm³/mol. The van der Waals surface area contributed by atoms with Gasteiger partial charge in [-0.25, -0.2) is 0 Å². The van der Waals surface area contributed by atoms with Crippen molar-refractivity contribution in [1.29, 1.82) is 0 Å².